The van der Waals surface area contributed by atoms with E-state index in [-0.39, 0.29) is 23.0 Å². The van der Waals surface area contributed by atoms with Crippen LogP contribution in [0.3, 0.4) is 0 Å². The molecule has 2 rings (SSSR count). The van der Waals surface area contributed by atoms with Gasteiger partial charge < -0.3 is 4.74 Å². The van der Waals surface area contributed by atoms with Gasteiger partial charge in [-0.3, -0.25) is 4.90 Å². The molecule has 1 aromatic rings. The molecule has 0 saturated carbocycles. The molecule has 0 N–H and O–H groups in total. The lowest BCUT2D eigenvalue weighted by atomic mass is 10.1. The second kappa shape index (κ2) is 6.20. The van der Waals surface area contributed by atoms with E-state index in [9.17, 15) is 4.39 Å². The molecule has 0 aromatic heterocycles. The molecule has 18 heavy (non-hydrogen) atoms. The van der Waals surface area contributed by atoms with Gasteiger partial charge in [-0.2, -0.15) is 0 Å². The number of nitrogens with zero attached hydrogens (tertiary/aromatic N) is 1. The van der Waals surface area contributed by atoms with Crippen molar-refractivity contribution >= 4 is 23.2 Å². The number of hydrogen-bond acceptors (Lipinski definition) is 2. The molecule has 2 nitrogen and oxygen atoms in total. The number of halogens is 3. The van der Waals surface area contributed by atoms with E-state index in [4.69, 9.17) is 27.9 Å². The third-order valence-electron chi connectivity index (χ3n) is 3.00. The predicted octanol–water partition coefficient (Wildman–Crippen LogP) is 3.31. The van der Waals surface area contributed by atoms with Gasteiger partial charge in [-0.15, -0.1) is 11.6 Å². The SMILES string of the molecule is CC1CN(Cc2cccc(F)c2Cl)CC(CCl)O1. The Morgan fingerprint density at radius 2 is 2.22 bits per heavy atom. The molecule has 1 fully saturated rings. The fourth-order valence-electron chi connectivity index (χ4n) is 2.27. The van der Waals surface area contributed by atoms with Crippen LogP contribution in [-0.2, 0) is 11.3 Å². The maximum Gasteiger partial charge on any atom is 0.142 e. The quantitative estimate of drug-likeness (QED) is 0.793. The van der Waals surface area contributed by atoms with Gasteiger partial charge in [0.05, 0.1) is 17.2 Å². The fourth-order valence-corrected chi connectivity index (χ4v) is 2.62. The maximum atomic E-state index is 13.4. The molecule has 0 spiro atoms. The van der Waals surface area contributed by atoms with E-state index in [0.717, 1.165) is 18.7 Å². The van der Waals surface area contributed by atoms with Crippen LogP contribution in [-0.4, -0.2) is 36.1 Å². The minimum atomic E-state index is -0.371. The van der Waals surface area contributed by atoms with Gasteiger partial charge in [0.15, 0.2) is 0 Å². The number of morpholine rings is 1. The number of hydrogen-bond donors (Lipinski definition) is 0. The van der Waals surface area contributed by atoms with Gasteiger partial charge in [0.2, 0.25) is 0 Å². The van der Waals surface area contributed by atoms with Crippen molar-refractivity contribution in [1.29, 1.82) is 0 Å². The van der Waals surface area contributed by atoms with Crippen molar-refractivity contribution in [2.45, 2.75) is 25.7 Å². The van der Waals surface area contributed by atoms with Crippen molar-refractivity contribution in [3.8, 4) is 0 Å². The second-order valence-electron chi connectivity index (χ2n) is 4.63. The minimum absolute atomic E-state index is 0.0303. The Bertz CT molecular complexity index is 416. The summed E-state index contributed by atoms with van der Waals surface area (Å²) in [5, 5.41) is 0.207. The Morgan fingerprint density at radius 3 is 2.94 bits per heavy atom. The van der Waals surface area contributed by atoms with Crippen molar-refractivity contribution in [3.05, 3.63) is 34.6 Å². The first-order valence-electron chi connectivity index (χ1n) is 5.96. The Morgan fingerprint density at radius 1 is 1.44 bits per heavy atom. The number of ether oxygens (including phenoxy) is 1. The van der Waals surface area contributed by atoms with E-state index in [2.05, 4.69) is 4.90 Å². The number of rotatable bonds is 3. The molecule has 0 aliphatic carbocycles. The first-order chi connectivity index (χ1) is 8.60. The van der Waals surface area contributed by atoms with Gasteiger partial charge in [-0.05, 0) is 18.6 Å². The summed E-state index contributed by atoms with van der Waals surface area (Å²) in [4.78, 5) is 2.20. The smallest absolute Gasteiger partial charge is 0.142 e. The van der Waals surface area contributed by atoms with E-state index in [1.165, 1.54) is 6.07 Å². The van der Waals surface area contributed by atoms with Gasteiger partial charge >= 0.3 is 0 Å². The topological polar surface area (TPSA) is 12.5 Å². The predicted molar refractivity (Wildman–Crippen MR) is 71.7 cm³/mol. The zero-order chi connectivity index (χ0) is 13.1. The van der Waals surface area contributed by atoms with Crippen molar-refractivity contribution in [2.75, 3.05) is 19.0 Å². The average Bonchev–Trinajstić information content (AvgIpc) is 2.34. The lowest BCUT2D eigenvalue weighted by Gasteiger charge is -2.36. The van der Waals surface area contributed by atoms with Crippen molar-refractivity contribution in [2.24, 2.45) is 0 Å². The lowest BCUT2D eigenvalue weighted by molar-refractivity contribution is -0.0688. The van der Waals surface area contributed by atoms with Crippen LogP contribution in [0.25, 0.3) is 0 Å². The molecule has 100 valence electrons. The zero-order valence-corrected chi connectivity index (χ0v) is 11.7. The first-order valence-corrected chi connectivity index (χ1v) is 6.88. The summed E-state index contributed by atoms with van der Waals surface area (Å²) in [6.45, 7) is 4.19. The van der Waals surface area contributed by atoms with E-state index >= 15 is 0 Å². The Labute approximate surface area is 117 Å². The highest BCUT2D eigenvalue weighted by Crippen LogP contribution is 2.23. The van der Waals surface area contributed by atoms with Crippen molar-refractivity contribution < 1.29 is 9.13 Å². The molecule has 0 amide bonds. The van der Waals surface area contributed by atoms with E-state index in [0.29, 0.717) is 12.4 Å². The van der Waals surface area contributed by atoms with E-state index in [1.807, 2.05) is 13.0 Å². The summed E-state index contributed by atoms with van der Waals surface area (Å²) in [5.41, 5.74) is 0.805. The minimum Gasteiger partial charge on any atom is -0.371 e. The van der Waals surface area contributed by atoms with Crippen LogP contribution in [0, 0.1) is 5.82 Å². The van der Waals surface area contributed by atoms with Gasteiger partial charge in [-0.25, -0.2) is 4.39 Å². The Balaban J connectivity index is 2.06. The number of alkyl halides is 1. The molecule has 1 aliphatic rings. The summed E-state index contributed by atoms with van der Waals surface area (Å²) >= 11 is 11.8. The summed E-state index contributed by atoms with van der Waals surface area (Å²) in [6.07, 6.45) is 0.164. The molecule has 1 aromatic carbocycles. The first kappa shape index (κ1) is 14.1. The van der Waals surface area contributed by atoms with Crippen LogP contribution >= 0.6 is 23.2 Å². The van der Waals surface area contributed by atoms with Crippen LogP contribution in [0.5, 0.6) is 0 Å². The monoisotopic (exact) mass is 291 g/mol. The molecule has 5 heteroatoms. The highest BCUT2D eigenvalue weighted by molar-refractivity contribution is 6.31. The largest absolute Gasteiger partial charge is 0.371 e. The highest BCUT2D eigenvalue weighted by Gasteiger charge is 2.25. The molecule has 0 radical (unpaired) electrons. The van der Waals surface area contributed by atoms with Gasteiger partial charge in [0.25, 0.3) is 0 Å². The van der Waals surface area contributed by atoms with Crippen LogP contribution in [0.4, 0.5) is 4.39 Å². The van der Waals surface area contributed by atoms with Gasteiger partial charge in [0.1, 0.15) is 5.82 Å². The summed E-state index contributed by atoms with van der Waals surface area (Å²) < 4.78 is 19.0. The van der Waals surface area contributed by atoms with Crippen LogP contribution in [0.15, 0.2) is 18.2 Å². The van der Waals surface area contributed by atoms with Crippen LogP contribution < -0.4 is 0 Å². The Hall–Kier alpha value is -0.350. The molecule has 2 atom stereocenters. The zero-order valence-electron chi connectivity index (χ0n) is 10.2. The van der Waals surface area contributed by atoms with Crippen molar-refractivity contribution in [3.63, 3.8) is 0 Å². The second-order valence-corrected chi connectivity index (χ2v) is 5.32. The third-order valence-corrected chi connectivity index (χ3v) is 3.77. The van der Waals surface area contributed by atoms with Gasteiger partial charge in [0, 0.05) is 25.5 Å². The molecule has 1 heterocycles. The van der Waals surface area contributed by atoms with E-state index < -0.39 is 0 Å². The summed E-state index contributed by atoms with van der Waals surface area (Å²) in [5.74, 6) is 0.0990. The summed E-state index contributed by atoms with van der Waals surface area (Å²) in [7, 11) is 0. The van der Waals surface area contributed by atoms with Crippen molar-refractivity contribution in [1.82, 2.24) is 4.90 Å². The third kappa shape index (κ3) is 3.35. The lowest BCUT2D eigenvalue weighted by Crippen LogP contribution is -2.46. The van der Waals surface area contributed by atoms with Gasteiger partial charge in [-0.1, -0.05) is 23.7 Å². The molecule has 1 aliphatic heterocycles. The van der Waals surface area contributed by atoms with Crippen LogP contribution in [0.1, 0.15) is 12.5 Å². The summed E-state index contributed by atoms with van der Waals surface area (Å²) in [6, 6.07) is 4.90. The molecular formula is C13H16Cl2FNO. The normalized spacial score (nSPS) is 25.3. The fraction of sp³-hybridized carbons (Fsp3) is 0.538. The molecular weight excluding hydrogens is 276 g/mol. The molecule has 1 saturated heterocycles. The average molecular weight is 292 g/mol. The standard InChI is InChI=1S/C13H16Cl2FNO/c1-9-6-17(8-11(5-14)18-9)7-10-3-2-4-12(16)13(10)15/h2-4,9,11H,5-8H2,1H3. The van der Waals surface area contributed by atoms with E-state index in [1.54, 1.807) is 6.07 Å². The highest BCUT2D eigenvalue weighted by atomic mass is 35.5. The maximum absolute atomic E-state index is 13.4. The Kier molecular flexibility index (Phi) is 4.84. The van der Waals surface area contributed by atoms with Crippen LogP contribution in [0.2, 0.25) is 5.02 Å². The molecule has 0 bridgehead atoms. The number of benzene rings is 1. The molecule has 2 unspecified atom stereocenters.